The second kappa shape index (κ2) is 8.23. The van der Waals surface area contributed by atoms with Gasteiger partial charge in [0.2, 0.25) is 0 Å². The molecular formula is C13H17ClN3O4+. The molecule has 0 bridgehead atoms. The van der Waals surface area contributed by atoms with Crippen molar-refractivity contribution >= 4 is 35.2 Å². The molecule has 1 unspecified atom stereocenters. The third kappa shape index (κ3) is 6.73. The van der Waals surface area contributed by atoms with Gasteiger partial charge in [0.05, 0.1) is 14.2 Å². The fraction of sp³-hybridized carbons (Fsp3) is 0.308. The van der Waals surface area contributed by atoms with Gasteiger partial charge in [-0.1, -0.05) is 11.6 Å². The van der Waals surface area contributed by atoms with Gasteiger partial charge in [-0.05, 0) is 24.3 Å². The van der Waals surface area contributed by atoms with Crippen molar-refractivity contribution in [1.29, 1.82) is 0 Å². The first-order valence-corrected chi connectivity index (χ1v) is 6.53. The lowest BCUT2D eigenvalue weighted by Crippen LogP contribution is -3.11. The number of carbonyl (C=O) groups excluding carboxylic acids is 3. The summed E-state index contributed by atoms with van der Waals surface area (Å²) in [6.45, 7) is 0.0559. The van der Waals surface area contributed by atoms with E-state index in [2.05, 4.69) is 10.1 Å². The van der Waals surface area contributed by atoms with E-state index in [1.807, 2.05) is 5.32 Å². The molecular weight excluding hydrogens is 298 g/mol. The number of likely N-dealkylation sites (N-methyl/N-ethyl adjacent to an activating group) is 1. The van der Waals surface area contributed by atoms with Crippen LogP contribution in [0, 0.1) is 0 Å². The number of halogens is 1. The maximum atomic E-state index is 11.8. The molecule has 0 aliphatic carbocycles. The Bertz CT molecular complexity index is 519. The van der Waals surface area contributed by atoms with Crippen LogP contribution in [0.15, 0.2) is 24.3 Å². The third-order valence-electron chi connectivity index (χ3n) is 2.48. The van der Waals surface area contributed by atoms with Crippen LogP contribution in [0.25, 0.3) is 0 Å². The monoisotopic (exact) mass is 314 g/mol. The lowest BCUT2D eigenvalue weighted by molar-refractivity contribution is -0.862. The van der Waals surface area contributed by atoms with Crippen molar-refractivity contribution in [3.63, 3.8) is 0 Å². The summed E-state index contributed by atoms with van der Waals surface area (Å²) >= 11 is 5.74. The molecule has 0 radical (unpaired) electrons. The van der Waals surface area contributed by atoms with Gasteiger partial charge >= 0.3 is 6.09 Å². The molecule has 0 aromatic heterocycles. The van der Waals surface area contributed by atoms with Crippen molar-refractivity contribution in [1.82, 2.24) is 5.32 Å². The van der Waals surface area contributed by atoms with E-state index < -0.39 is 12.0 Å². The van der Waals surface area contributed by atoms with Gasteiger partial charge in [0, 0.05) is 10.7 Å². The number of anilines is 1. The lowest BCUT2D eigenvalue weighted by atomic mass is 10.3. The molecule has 0 fully saturated rings. The van der Waals surface area contributed by atoms with E-state index in [4.69, 9.17) is 11.6 Å². The molecule has 3 amide bonds. The molecule has 21 heavy (non-hydrogen) atoms. The Kier molecular flexibility index (Phi) is 6.64. The summed E-state index contributed by atoms with van der Waals surface area (Å²) < 4.78 is 4.30. The molecule has 0 saturated carbocycles. The SMILES string of the molecule is COC(=O)NC(=O)C[NH+](C)CC(=O)Nc1ccc(Cl)cc1. The Labute approximate surface area is 127 Å². The summed E-state index contributed by atoms with van der Waals surface area (Å²) in [6.07, 6.45) is -0.821. The van der Waals surface area contributed by atoms with Crippen molar-refractivity contribution in [3.8, 4) is 0 Å². The number of hydrogen-bond donors (Lipinski definition) is 3. The Balaban J connectivity index is 2.38. The molecule has 8 heteroatoms. The molecule has 1 aromatic carbocycles. The standard InChI is InChI=1S/C13H16ClN3O4/c1-17(8-12(19)16-13(20)21-2)7-11(18)15-10-5-3-9(14)4-6-10/h3-6H,7-8H2,1-2H3,(H,15,18)(H,16,19,20)/p+1. The fourth-order valence-corrected chi connectivity index (χ4v) is 1.68. The topological polar surface area (TPSA) is 88.9 Å². The van der Waals surface area contributed by atoms with Crippen LogP contribution in [0.4, 0.5) is 10.5 Å². The predicted octanol–water partition coefficient (Wildman–Crippen LogP) is -0.324. The van der Waals surface area contributed by atoms with Crippen LogP contribution in [0.2, 0.25) is 5.02 Å². The van der Waals surface area contributed by atoms with Gasteiger partial charge in [-0.2, -0.15) is 0 Å². The minimum atomic E-state index is -0.821. The number of quaternary nitrogens is 1. The number of rotatable bonds is 5. The van der Waals surface area contributed by atoms with Crippen molar-refractivity contribution in [2.45, 2.75) is 0 Å². The highest BCUT2D eigenvalue weighted by Crippen LogP contribution is 2.12. The molecule has 114 valence electrons. The van der Waals surface area contributed by atoms with Gasteiger partial charge in [0.15, 0.2) is 13.1 Å². The number of carbonyl (C=O) groups is 3. The predicted molar refractivity (Wildman–Crippen MR) is 77.3 cm³/mol. The zero-order valence-corrected chi connectivity index (χ0v) is 12.5. The molecule has 1 atom stereocenters. The maximum absolute atomic E-state index is 11.8. The molecule has 0 heterocycles. The van der Waals surface area contributed by atoms with E-state index in [0.29, 0.717) is 15.6 Å². The summed E-state index contributed by atoms with van der Waals surface area (Å²) in [4.78, 5) is 34.7. The van der Waals surface area contributed by atoms with Crippen molar-refractivity contribution in [2.24, 2.45) is 0 Å². The van der Waals surface area contributed by atoms with Gasteiger partial charge in [-0.3, -0.25) is 14.9 Å². The Morgan fingerprint density at radius 1 is 1.14 bits per heavy atom. The molecule has 7 nitrogen and oxygen atoms in total. The zero-order chi connectivity index (χ0) is 15.8. The Morgan fingerprint density at radius 3 is 2.29 bits per heavy atom. The van der Waals surface area contributed by atoms with Crippen LogP contribution in [-0.4, -0.2) is 45.2 Å². The Hall–Kier alpha value is -2.12. The maximum Gasteiger partial charge on any atom is 0.413 e. The minimum Gasteiger partial charge on any atom is -0.453 e. The highest BCUT2D eigenvalue weighted by Gasteiger charge is 2.16. The number of methoxy groups -OCH3 is 1. The molecule has 3 N–H and O–H groups in total. The molecule has 0 spiro atoms. The first kappa shape index (κ1) is 16.9. The second-order valence-electron chi connectivity index (χ2n) is 4.41. The highest BCUT2D eigenvalue weighted by molar-refractivity contribution is 6.30. The molecule has 0 saturated heterocycles. The second-order valence-corrected chi connectivity index (χ2v) is 4.84. The largest absolute Gasteiger partial charge is 0.453 e. The molecule has 1 aromatic rings. The first-order chi connectivity index (χ1) is 9.90. The van der Waals surface area contributed by atoms with Crippen LogP contribution >= 0.6 is 11.6 Å². The van der Waals surface area contributed by atoms with Gasteiger partial charge in [-0.25, -0.2) is 4.79 Å². The summed E-state index contributed by atoms with van der Waals surface area (Å²) in [5.41, 5.74) is 0.621. The highest BCUT2D eigenvalue weighted by atomic mass is 35.5. The van der Waals surface area contributed by atoms with E-state index in [9.17, 15) is 14.4 Å². The number of hydrogen-bond acceptors (Lipinski definition) is 4. The number of alkyl carbamates (subject to hydrolysis) is 1. The number of nitrogens with one attached hydrogen (secondary N) is 3. The van der Waals surface area contributed by atoms with E-state index in [1.165, 1.54) is 7.11 Å². The van der Waals surface area contributed by atoms with Crippen molar-refractivity contribution in [3.05, 3.63) is 29.3 Å². The van der Waals surface area contributed by atoms with Crippen molar-refractivity contribution < 1.29 is 24.0 Å². The minimum absolute atomic E-state index is 0.0247. The smallest absolute Gasteiger partial charge is 0.413 e. The number of imide groups is 1. The van der Waals surface area contributed by atoms with E-state index in [1.54, 1.807) is 31.3 Å². The van der Waals surface area contributed by atoms with Gasteiger partial charge in [-0.15, -0.1) is 0 Å². The van der Waals surface area contributed by atoms with Gasteiger partial charge in [0.25, 0.3) is 11.8 Å². The molecule has 0 aliphatic rings. The molecule has 1 rings (SSSR count). The normalized spacial score (nSPS) is 11.4. The van der Waals surface area contributed by atoms with Gasteiger partial charge in [0.1, 0.15) is 0 Å². The number of ether oxygens (including phenoxy) is 1. The zero-order valence-electron chi connectivity index (χ0n) is 11.7. The van der Waals surface area contributed by atoms with Crippen LogP contribution in [-0.2, 0) is 14.3 Å². The van der Waals surface area contributed by atoms with Crippen LogP contribution < -0.4 is 15.5 Å². The van der Waals surface area contributed by atoms with Crippen LogP contribution in [0.3, 0.4) is 0 Å². The van der Waals surface area contributed by atoms with E-state index in [-0.39, 0.29) is 19.0 Å². The lowest BCUT2D eigenvalue weighted by Gasteiger charge is -2.13. The molecule has 0 aliphatic heterocycles. The van der Waals surface area contributed by atoms with Gasteiger partial charge < -0.3 is 15.0 Å². The number of benzene rings is 1. The Morgan fingerprint density at radius 2 is 1.71 bits per heavy atom. The summed E-state index contributed by atoms with van der Waals surface area (Å²) in [7, 11) is 2.83. The number of amides is 3. The van der Waals surface area contributed by atoms with E-state index in [0.717, 1.165) is 0 Å². The first-order valence-electron chi connectivity index (χ1n) is 6.15. The average Bonchev–Trinajstić information content (AvgIpc) is 2.40. The van der Waals surface area contributed by atoms with Crippen LogP contribution in [0.5, 0.6) is 0 Å². The van der Waals surface area contributed by atoms with Crippen LogP contribution in [0.1, 0.15) is 0 Å². The van der Waals surface area contributed by atoms with Crippen molar-refractivity contribution in [2.75, 3.05) is 32.6 Å². The summed E-state index contributed by atoms with van der Waals surface area (Å²) in [6, 6.07) is 6.69. The van der Waals surface area contributed by atoms with E-state index >= 15 is 0 Å². The summed E-state index contributed by atoms with van der Waals surface area (Å²) in [5.74, 6) is -0.765. The third-order valence-corrected chi connectivity index (χ3v) is 2.73. The average molecular weight is 315 g/mol. The summed E-state index contributed by atoms with van der Waals surface area (Å²) in [5, 5.41) is 5.28. The fourth-order valence-electron chi connectivity index (χ4n) is 1.56. The quantitative estimate of drug-likeness (QED) is 0.695.